The van der Waals surface area contributed by atoms with Crippen molar-refractivity contribution in [3.8, 4) is 0 Å². The third-order valence-corrected chi connectivity index (χ3v) is 4.95. The van der Waals surface area contributed by atoms with Crippen molar-refractivity contribution in [2.24, 2.45) is 5.10 Å². The van der Waals surface area contributed by atoms with Crippen molar-refractivity contribution in [1.29, 1.82) is 0 Å². The summed E-state index contributed by atoms with van der Waals surface area (Å²) in [4.78, 5) is 0. The maximum atomic E-state index is 14.0. The molecule has 31 heavy (non-hydrogen) atoms. The summed E-state index contributed by atoms with van der Waals surface area (Å²) in [6, 6.07) is 5.62. The van der Waals surface area contributed by atoms with Crippen LogP contribution in [0.3, 0.4) is 0 Å². The number of halogens is 7. The van der Waals surface area contributed by atoms with E-state index in [0.29, 0.717) is 5.56 Å². The summed E-state index contributed by atoms with van der Waals surface area (Å²) in [5, 5.41) is 4.42. The number of rotatable bonds is 4. The number of alkyl halides is 3. The van der Waals surface area contributed by atoms with Crippen LogP contribution in [-0.4, -0.2) is 10.8 Å². The second-order valence-electron chi connectivity index (χ2n) is 7.31. The second-order valence-corrected chi connectivity index (χ2v) is 7.31. The van der Waals surface area contributed by atoms with E-state index in [4.69, 9.17) is 0 Å². The monoisotopic (exact) mass is 445 g/mol. The Morgan fingerprint density at radius 2 is 1.55 bits per heavy atom. The first-order chi connectivity index (χ1) is 14.4. The number of hydrogen-bond acceptors (Lipinski definition) is 2. The summed E-state index contributed by atoms with van der Waals surface area (Å²) in [6.45, 7) is 7.66. The van der Waals surface area contributed by atoms with Gasteiger partial charge in [0.25, 0.3) is 0 Å². The van der Waals surface area contributed by atoms with E-state index in [0.717, 1.165) is 22.2 Å². The number of aryl methyl sites for hydroxylation is 1. The van der Waals surface area contributed by atoms with E-state index in [1.165, 1.54) is 6.21 Å². The molecule has 1 aromatic heterocycles. The Morgan fingerprint density at radius 1 is 0.968 bits per heavy atom. The fourth-order valence-electron chi connectivity index (χ4n) is 3.64. The lowest BCUT2D eigenvalue weighted by Gasteiger charge is -2.14. The van der Waals surface area contributed by atoms with E-state index in [1.807, 2.05) is 43.5 Å². The maximum absolute atomic E-state index is 14.0. The minimum absolute atomic E-state index is 0.0757. The molecule has 0 aliphatic rings. The number of fused-ring (bicyclic) bond motifs is 1. The molecule has 166 valence electrons. The van der Waals surface area contributed by atoms with Crippen molar-refractivity contribution in [2.75, 3.05) is 5.43 Å². The topological polar surface area (TPSA) is 29.3 Å². The van der Waals surface area contributed by atoms with E-state index in [1.54, 1.807) is 12.3 Å². The highest BCUT2D eigenvalue weighted by atomic mass is 19.4. The van der Waals surface area contributed by atoms with Gasteiger partial charge in [-0.3, -0.25) is 5.43 Å². The average molecular weight is 445 g/mol. The molecule has 10 heteroatoms. The molecule has 1 N–H and O–H groups in total. The molecule has 0 atom stereocenters. The van der Waals surface area contributed by atoms with Gasteiger partial charge in [0.15, 0.2) is 23.3 Å². The molecule has 3 nitrogen and oxygen atoms in total. The smallest absolute Gasteiger partial charge is 0.341 e. The Labute approximate surface area is 173 Å². The summed E-state index contributed by atoms with van der Waals surface area (Å²) < 4.78 is 95.7. The van der Waals surface area contributed by atoms with Crippen molar-refractivity contribution in [3.05, 3.63) is 63.9 Å². The van der Waals surface area contributed by atoms with Gasteiger partial charge in [-0.2, -0.15) is 18.3 Å². The van der Waals surface area contributed by atoms with E-state index < -0.39 is 40.7 Å². The molecular weight excluding hydrogens is 427 g/mol. The van der Waals surface area contributed by atoms with Gasteiger partial charge < -0.3 is 4.57 Å². The molecule has 3 rings (SSSR count). The zero-order valence-electron chi connectivity index (χ0n) is 16.9. The van der Waals surface area contributed by atoms with Crippen LogP contribution in [0.5, 0.6) is 0 Å². The highest BCUT2D eigenvalue weighted by Crippen LogP contribution is 2.38. The second kappa shape index (κ2) is 7.90. The summed E-state index contributed by atoms with van der Waals surface area (Å²) in [5.41, 5.74) is 0.950. The van der Waals surface area contributed by atoms with Crippen LogP contribution in [0.25, 0.3) is 10.9 Å². The molecule has 1 heterocycles. The molecule has 3 aromatic rings. The first-order valence-electron chi connectivity index (χ1n) is 9.20. The molecule has 0 saturated heterocycles. The number of hydrogen-bond donors (Lipinski definition) is 1. The fraction of sp³-hybridized carbons (Fsp3) is 0.286. The van der Waals surface area contributed by atoms with Crippen LogP contribution in [-0.2, 0) is 6.18 Å². The Morgan fingerprint density at radius 3 is 2.06 bits per heavy atom. The van der Waals surface area contributed by atoms with Gasteiger partial charge in [-0.15, -0.1) is 0 Å². The minimum Gasteiger partial charge on any atom is -0.341 e. The van der Waals surface area contributed by atoms with Gasteiger partial charge in [0.1, 0.15) is 11.3 Å². The van der Waals surface area contributed by atoms with Crippen LogP contribution >= 0.6 is 0 Å². The molecule has 0 bridgehead atoms. The van der Waals surface area contributed by atoms with Gasteiger partial charge in [0, 0.05) is 22.7 Å². The predicted molar refractivity (Wildman–Crippen MR) is 104 cm³/mol. The molecule has 0 aliphatic carbocycles. The van der Waals surface area contributed by atoms with E-state index in [-0.39, 0.29) is 6.04 Å². The van der Waals surface area contributed by atoms with Crippen molar-refractivity contribution < 1.29 is 30.7 Å². The Balaban J connectivity index is 2.08. The van der Waals surface area contributed by atoms with E-state index >= 15 is 0 Å². The zero-order valence-corrected chi connectivity index (χ0v) is 16.9. The molecule has 0 saturated carbocycles. The largest absolute Gasteiger partial charge is 0.422 e. The van der Waals surface area contributed by atoms with Gasteiger partial charge >= 0.3 is 6.18 Å². The molecule has 2 aromatic carbocycles. The molecular formula is C21H18F7N3. The van der Waals surface area contributed by atoms with E-state index in [9.17, 15) is 30.7 Å². The minimum atomic E-state index is -5.61. The number of nitrogens with one attached hydrogen (secondary N) is 1. The predicted octanol–water partition coefficient (Wildman–Crippen LogP) is 6.86. The number of aromatic nitrogens is 1. The lowest BCUT2D eigenvalue weighted by atomic mass is 10.1. The number of benzene rings is 2. The molecule has 0 radical (unpaired) electrons. The molecule has 0 spiro atoms. The molecule has 0 unspecified atom stereocenters. The standard InChI is InChI=1S/C21H18F7N3/c1-9(2)31-11(4)13(12-7-5-6-10(3)20(12)31)8-29-30-19-17(24)15(22)14(21(26,27)28)16(23)18(19)25/h5-9,30H,1-4H3/b29-8+. The van der Waals surface area contributed by atoms with Crippen molar-refractivity contribution in [1.82, 2.24) is 4.57 Å². The summed E-state index contributed by atoms with van der Waals surface area (Å²) in [6.07, 6.45) is -4.41. The van der Waals surface area contributed by atoms with Gasteiger partial charge in [-0.25, -0.2) is 17.6 Å². The van der Waals surface area contributed by atoms with Gasteiger partial charge in [-0.1, -0.05) is 18.2 Å². The van der Waals surface area contributed by atoms with Crippen molar-refractivity contribution in [3.63, 3.8) is 0 Å². The van der Waals surface area contributed by atoms with Crippen LogP contribution < -0.4 is 5.43 Å². The average Bonchev–Trinajstić information content (AvgIpc) is 2.95. The number of para-hydroxylation sites is 1. The van der Waals surface area contributed by atoms with Crippen LogP contribution in [0.4, 0.5) is 36.4 Å². The maximum Gasteiger partial charge on any atom is 0.422 e. The summed E-state index contributed by atoms with van der Waals surface area (Å²) >= 11 is 0. The lowest BCUT2D eigenvalue weighted by Crippen LogP contribution is -2.16. The van der Waals surface area contributed by atoms with Gasteiger partial charge in [0.2, 0.25) is 0 Å². The highest BCUT2D eigenvalue weighted by Gasteiger charge is 2.42. The van der Waals surface area contributed by atoms with Gasteiger partial charge in [-0.05, 0) is 33.3 Å². The Bertz CT molecular complexity index is 1160. The van der Waals surface area contributed by atoms with Crippen molar-refractivity contribution >= 4 is 22.8 Å². The third-order valence-electron chi connectivity index (χ3n) is 4.95. The molecule has 0 fully saturated rings. The van der Waals surface area contributed by atoms with Crippen LogP contribution in [0.2, 0.25) is 0 Å². The first kappa shape index (κ1) is 22.6. The van der Waals surface area contributed by atoms with E-state index in [2.05, 4.69) is 5.10 Å². The zero-order chi connectivity index (χ0) is 23.2. The van der Waals surface area contributed by atoms with Gasteiger partial charge in [0.05, 0.1) is 11.7 Å². The number of anilines is 1. The summed E-state index contributed by atoms with van der Waals surface area (Å²) in [7, 11) is 0. The number of nitrogens with zero attached hydrogens (tertiary/aromatic N) is 2. The number of hydrazone groups is 1. The summed E-state index contributed by atoms with van der Waals surface area (Å²) in [5.74, 6) is -9.54. The highest BCUT2D eigenvalue weighted by molar-refractivity contribution is 6.02. The first-order valence-corrected chi connectivity index (χ1v) is 9.20. The van der Waals surface area contributed by atoms with Crippen molar-refractivity contribution in [2.45, 2.75) is 39.9 Å². The molecule has 0 aliphatic heterocycles. The third kappa shape index (κ3) is 3.75. The Hall–Kier alpha value is -3.04. The SMILES string of the molecule is Cc1cccc2c(/C=N/Nc3c(F)c(F)c(C(F)(F)F)c(F)c3F)c(C)n(C(C)C)c12. The van der Waals surface area contributed by atoms with Crippen LogP contribution in [0, 0.1) is 37.1 Å². The lowest BCUT2D eigenvalue weighted by molar-refractivity contribution is -0.143. The quantitative estimate of drug-likeness (QED) is 0.202. The Kier molecular flexibility index (Phi) is 5.77. The van der Waals surface area contributed by atoms with Crippen LogP contribution in [0.1, 0.15) is 42.3 Å². The molecule has 0 amide bonds. The normalized spacial score (nSPS) is 12.5. The van der Waals surface area contributed by atoms with Crippen LogP contribution in [0.15, 0.2) is 23.3 Å². The fourth-order valence-corrected chi connectivity index (χ4v) is 3.64.